The van der Waals surface area contributed by atoms with E-state index in [4.69, 9.17) is 16.3 Å². The van der Waals surface area contributed by atoms with E-state index in [0.717, 1.165) is 15.2 Å². The summed E-state index contributed by atoms with van der Waals surface area (Å²) in [5.41, 5.74) is -1.85. The smallest absolute Gasteiger partial charge is 0.282 e. The van der Waals surface area contributed by atoms with E-state index in [1.807, 2.05) is 0 Å². The van der Waals surface area contributed by atoms with E-state index >= 15 is 0 Å². The topological polar surface area (TPSA) is 99.2 Å². The quantitative estimate of drug-likeness (QED) is 0.617. The Morgan fingerprint density at radius 2 is 2.03 bits per heavy atom. The number of nitrogens with zero attached hydrogens (tertiary/aromatic N) is 4. The number of imidazole rings is 1. The van der Waals surface area contributed by atoms with Gasteiger partial charge in [-0.3, -0.25) is 14.2 Å². The molecule has 0 aliphatic heterocycles. The second-order valence-corrected chi connectivity index (χ2v) is 7.84. The fourth-order valence-corrected chi connectivity index (χ4v) is 2.94. The second kappa shape index (κ2) is 8.56. The molecule has 164 valence electrons. The van der Waals surface area contributed by atoms with E-state index in [-0.39, 0.29) is 41.1 Å². The van der Waals surface area contributed by atoms with Crippen molar-refractivity contribution in [2.75, 3.05) is 0 Å². The van der Waals surface area contributed by atoms with Crippen LogP contribution >= 0.6 is 11.6 Å². The van der Waals surface area contributed by atoms with Gasteiger partial charge in [0, 0.05) is 11.6 Å². The van der Waals surface area contributed by atoms with Crippen LogP contribution in [0.5, 0.6) is 5.88 Å². The first-order chi connectivity index (χ1) is 14.5. The fraction of sp³-hybridized carbons (Fsp3) is 0.300. The summed E-state index contributed by atoms with van der Waals surface area (Å²) in [6.07, 6.45) is 2.38. The van der Waals surface area contributed by atoms with Gasteiger partial charge in [0.1, 0.15) is 30.4 Å². The van der Waals surface area contributed by atoms with Gasteiger partial charge in [-0.1, -0.05) is 11.6 Å². The third kappa shape index (κ3) is 5.15. The highest BCUT2D eigenvalue weighted by atomic mass is 35.5. The van der Waals surface area contributed by atoms with Gasteiger partial charge in [0.25, 0.3) is 5.56 Å². The molecule has 1 N–H and O–H groups in total. The standard InChI is InChI=1S/C20H19ClF2N4O4/c1-11-25-18(31-9-12-4-5-13(22)6-14(12)23)17(21)19(29)27(11)15-8-26(10-24-15)16(28)7-20(2,3)30/h4-6,8,10,30H,7,9H2,1-3H3. The van der Waals surface area contributed by atoms with Crippen molar-refractivity contribution in [3.05, 3.63) is 69.1 Å². The van der Waals surface area contributed by atoms with Gasteiger partial charge in [-0.2, -0.15) is 4.98 Å². The largest absolute Gasteiger partial charge is 0.471 e. The molecule has 31 heavy (non-hydrogen) atoms. The number of carbonyl (C=O) groups excluding carboxylic acids is 1. The monoisotopic (exact) mass is 452 g/mol. The Kier molecular flexibility index (Phi) is 6.23. The number of carbonyl (C=O) groups is 1. The summed E-state index contributed by atoms with van der Waals surface area (Å²) >= 11 is 6.10. The summed E-state index contributed by atoms with van der Waals surface area (Å²) in [5.74, 6) is -1.92. The van der Waals surface area contributed by atoms with E-state index in [1.54, 1.807) is 0 Å². The van der Waals surface area contributed by atoms with Crippen LogP contribution in [0.1, 0.15) is 36.5 Å². The fourth-order valence-electron chi connectivity index (χ4n) is 2.76. The first-order valence-electron chi connectivity index (χ1n) is 9.12. The van der Waals surface area contributed by atoms with Crippen molar-refractivity contribution in [1.29, 1.82) is 0 Å². The molecule has 0 aliphatic rings. The lowest BCUT2D eigenvalue weighted by molar-refractivity contribution is 0.0529. The summed E-state index contributed by atoms with van der Waals surface area (Å²) in [4.78, 5) is 33.1. The first-order valence-corrected chi connectivity index (χ1v) is 9.50. The molecule has 0 atom stereocenters. The molecule has 0 saturated heterocycles. The van der Waals surface area contributed by atoms with Gasteiger partial charge >= 0.3 is 0 Å². The first kappa shape index (κ1) is 22.6. The lowest BCUT2D eigenvalue weighted by Crippen LogP contribution is -2.26. The summed E-state index contributed by atoms with van der Waals surface area (Å²) in [7, 11) is 0. The predicted molar refractivity (Wildman–Crippen MR) is 108 cm³/mol. The summed E-state index contributed by atoms with van der Waals surface area (Å²) in [6.45, 7) is 4.18. The maximum atomic E-state index is 13.8. The van der Waals surface area contributed by atoms with Gasteiger partial charge in [-0.15, -0.1) is 0 Å². The highest BCUT2D eigenvalue weighted by molar-refractivity contribution is 6.31. The van der Waals surface area contributed by atoms with E-state index in [2.05, 4.69) is 9.97 Å². The van der Waals surface area contributed by atoms with E-state index < -0.39 is 28.7 Å². The zero-order valence-corrected chi connectivity index (χ0v) is 17.7. The molecular formula is C20H19ClF2N4O4. The second-order valence-electron chi connectivity index (χ2n) is 7.47. The number of benzene rings is 1. The average molecular weight is 453 g/mol. The van der Waals surface area contributed by atoms with E-state index in [0.29, 0.717) is 6.07 Å². The zero-order chi connectivity index (χ0) is 22.9. The van der Waals surface area contributed by atoms with E-state index in [1.165, 1.54) is 39.4 Å². The molecule has 1 aromatic carbocycles. The molecule has 2 heterocycles. The van der Waals surface area contributed by atoms with Crippen molar-refractivity contribution >= 4 is 17.5 Å². The minimum Gasteiger partial charge on any atom is -0.471 e. The van der Waals surface area contributed by atoms with Gasteiger partial charge in [-0.25, -0.2) is 18.3 Å². The Hall–Kier alpha value is -3.11. The number of halogens is 3. The van der Waals surface area contributed by atoms with Crippen molar-refractivity contribution in [1.82, 2.24) is 19.1 Å². The molecule has 0 unspecified atom stereocenters. The molecule has 0 aliphatic carbocycles. The van der Waals surface area contributed by atoms with Crippen LogP contribution in [0.3, 0.4) is 0 Å². The maximum Gasteiger partial charge on any atom is 0.282 e. The van der Waals surface area contributed by atoms with Gasteiger partial charge < -0.3 is 9.84 Å². The maximum absolute atomic E-state index is 13.8. The van der Waals surface area contributed by atoms with Gasteiger partial charge in [0.05, 0.1) is 18.2 Å². The number of rotatable bonds is 6. The van der Waals surface area contributed by atoms with Gasteiger partial charge in [-0.05, 0) is 32.9 Å². The van der Waals surface area contributed by atoms with E-state index in [9.17, 15) is 23.5 Å². The minimum absolute atomic E-state index is 0.0603. The van der Waals surface area contributed by atoms with Crippen molar-refractivity contribution < 1.29 is 23.4 Å². The number of ether oxygens (including phenoxy) is 1. The van der Waals surface area contributed by atoms with Gasteiger partial charge in [0.15, 0.2) is 10.8 Å². The van der Waals surface area contributed by atoms with Crippen LogP contribution in [0.2, 0.25) is 5.02 Å². The molecule has 3 aromatic rings. The Balaban J connectivity index is 1.87. The zero-order valence-electron chi connectivity index (χ0n) is 16.9. The molecule has 8 nitrogen and oxygen atoms in total. The lowest BCUT2D eigenvalue weighted by Gasteiger charge is -2.15. The Morgan fingerprint density at radius 1 is 1.32 bits per heavy atom. The molecule has 0 spiro atoms. The SMILES string of the molecule is Cc1nc(OCc2ccc(F)cc2F)c(Cl)c(=O)n1-c1cn(C(=O)CC(C)(C)O)cn1. The van der Waals surface area contributed by atoms with Crippen LogP contribution in [-0.2, 0) is 6.61 Å². The summed E-state index contributed by atoms with van der Waals surface area (Å²) in [5, 5.41) is 9.43. The Bertz CT molecular complexity index is 1200. The van der Waals surface area contributed by atoms with Crippen molar-refractivity contribution in [2.24, 2.45) is 0 Å². The highest BCUT2D eigenvalue weighted by Gasteiger charge is 2.21. The molecule has 2 aromatic heterocycles. The minimum atomic E-state index is -1.21. The van der Waals surface area contributed by atoms with Crippen LogP contribution in [0.25, 0.3) is 5.82 Å². The van der Waals surface area contributed by atoms with Crippen LogP contribution in [0.4, 0.5) is 8.78 Å². The average Bonchev–Trinajstić information content (AvgIpc) is 3.13. The normalized spacial score (nSPS) is 11.6. The third-order valence-electron chi connectivity index (χ3n) is 4.21. The van der Waals surface area contributed by atoms with Crippen LogP contribution in [0, 0.1) is 18.6 Å². The Labute approximate surface area is 180 Å². The lowest BCUT2D eigenvalue weighted by atomic mass is 10.1. The van der Waals surface area contributed by atoms with Crippen LogP contribution < -0.4 is 10.3 Å². The molecule has 0 amide bonds. The van der Waals surface area contributed by atoms with Crippen molar-refractivity contribution in [2.45, 2.75) is 39.4 Å². The number of hydrogen-bond donors (Lipinski definition) is 1. The molecule has 0 radical (unpaired) electrons. The number of aryl methyl sites for hydroxylation is 1. The Morgan fingerprint density at radius 3 is 2.68 bits per heavy atom. The van der Waals surface area contributed by atoms with Crippen molar-refractivity contribution in [3.8, 4) is 11.7 Å². The molecule has 0 fully saturated rings. The molecule has 3 rings (SSSR count). The van der Waals surface area contributed by atoms with Crippen molar-refractivity contribution in [3.63, 3.8) is 0 Å². The third-order valence-corrected chi connectivity index (χ3v) is 4.54. The molecular weight excluding hydrogens is 434 g/mol. The molecule has 0 bridgehead atoms. The summed E-state index contributed by atoms with van der Waals surface area (Å²) < 4.78 is 34.4. The number of aromatic nitrogens is 4. The number of hydrogen-bond acceptors (Lipinski definition) is 6. The summed E-state index contributed by atoms with van der Waals surface area (Å²) in [6, 6.07) is 3.01. The molecule has 0 saturated carbocycles. The number of aliphatic hydroxyl groups is 1. The highest BCUT2D eigenvalue weighted by Crippen LogP contribution is 2.21. The molecule has 11 heteroatoms. The van der Waals surface area contributed by atoms with Crippen LogP contribution in [-0.4, -0.2) is 35.7 Å². The van der Waals surface area contributed by atoms with Crippen LogP contribution in [0.15, 0.2) is 35.5 Å². The predicted octanol–water partition coefficient (Wildman–Crippen LogP) is 3.05. The van der Waals surface area contributed by atoms with Gasteiger partial charge in [0.2, 0.25) is 11.8 Å².